The van der Waals surface area contributed by atoms with E-state index in [0.29, 0.717) is 15.7 Å². The number of benzene rings is 1. The molecule has 3 rings (SSSR count). The minimum atomic E-state index is -0.453. The van der Waals surface area contributed by atoms with Crippen molar-refractivity contribution in [3.63, 3.8) is 0 Å². The van der Waals surface area contributed by atoms with Crippen molar-refractivity contribution in [2.75, 3.05) is 18.2 Å². The van der Waals surface area contributed by atoms with Gasteiger partial charge < -0.3 is 10.1 Å². The van der Waals surface area contributed by atoms with Crippen LogP contribution in [-0.4, -0.2) is 34.7 Å². The van der Waals surface area contributed by atoms with Crippen molar-refractivity contribution >= 4 is 51.0 Å². The van der Waals surface area contributed by atoms with Crippen LogP contribution in [-0.2, 0) is 9.53 Å². The lowest BCUT2D eigenvalue weighted by Crippen LogP contribution is -2.13. The van der Waals surface area contributed by atoms with E-state index in [9.17, 15) is 9.59 Å². The molecule has 6 nitrogen and oxygen atoms in total. The number of nitrogens with one attached hydrogen (secondary N) is 1. The zero-order valence-corrected chi connectivity index (χ0v) is 15.2. The van der Waals surface area contributed by atoms with Crippen LogP contribution in [0, 0.1) is 6.92 Å². The number of esters is 1. The summed E-state index contributed by atoms with van der Waals surface area (Å²) in [4.78, 5) is 32.8. The number of hydrogen-bond acceptors (Lipinski definition) is 7. The lowest BCUT2D eigenvalue weighted by atomic mass is 10.2. The number of thioether (sulfide) groups is 1. The lowest BCUT2D eigenvalue weighted by Gasteiger charge is -2.03. The number of rotatable bonds is 5. The molecule has 0 saturated heterocycles. The fraction of sp³-hybridized carbons (Fsp3) is 0.176. The van der Waals surface area contributed by atoms with Gasteiger partial charge in [0.05, 0.1) is 29.1 Å². The minimum absolute atomic E-state index is 0.204. The molecular weight excluding hydrogens is 358 g/mol. The SMILES string of the molecule is COC(=O)c1sc(NC(=O)CSc2ccc3ccccc3n2)nc1C. The normalized spacial score (nSPS) is 10.6. The molecule has 1 N–H and O–H groups in total. The van der Waals surface area contributed by atoms with E-state index in [1.807, 2.05) is 36.4 Å². The number of pyridine rings is 1. The third-order valence-electron chi connectivity index (χ3n) is 3.34. The van der Waals surface area contributed by atoms with E-state index in [1.54, 1.807) is 6.92 Å². The molecule has 0 fully saturated rings. The Morgan fingerprint density at radius 2 is 2.00 bits per heavy atom. The minimum Gasteiger partial charge on any atom is -0.465 e. The summed E-state index contributed by atoms with van der Waals surface area (Å²) >= 11 is 2.45. The second-order valence-electron chi connectivity index (χ2n) is 5.10. The fourth-order valence-electron chi connectivity index (χ4n) is 2.15. The van der Waals surface area contributed by atoms with Crippen molar-refractivity contribution in [1.29, 1.82) is 0 Å². The van der Waals surface area contributed by atoms with E-state index in [4.69, 9.17) is 0 Å². The van der Waals surface area contributed by atoms with E-state index >= 15 is 0 Å². The summed E-state index contributed by atoms with van der Waals surface area (Å²) in [7, 11) is 1.31. The van der Waals surface area contributed by atoms with E-state index in [1.165, 1.54) is 18.9 Å². The number of ether oxygens (including phenoxy) is 1. The van der Waals surface area contributed by atoms with Gasteiger partial charge in [0.2, 0.25) is 5.91 Å². The van der Waals surface area contributed by atoms with Gasteiger partial charge in [0.15, 0.2) is 5.13 Å². The van der Waals surface area contributed by atoms with Gasteiger partial charge in [-0.05, 0) is 19.1 Å². The van der Waals surface area contributed by atoms with Crippen molar-refractivity contribution in [3.05, 3.63) is 47.0 Å². The van der Waals surface area contributed by atoms with Crippen LogP contribution in [0.25, 0.3) is 10.9 Å². The van der Waals surface area contributed by atoms with E-state index in [0.717, 1.165) is 27.3 Å². The number of aryl methyl sites for hydroxylation is 1. The molecular formula is C17H15N3O3S2. The number of nitrogens with zero attached hydrogens (tertiary/aromatic N) is 2. The summed E-state index contributed by atoms with van der Waals surface area (Å²) in [6, 6.07) is 11.7. The molecule has 2 aromatic heterocycles. The van der Waals surface area contributed by atoms with Gasteiger partial charge in [0, 0.05) is 5.39 Å². The second-order valence-corrected chi connectivity index (χ2v) is 7.10. The van der Waals surface area contributed by atoms with Gasteiger partial charge in [-0.1, -0.05) is 47.4 Å². The van der Waals surface area contributed by atoms with Crippen LogP contribution in [0.3, 0.4) is 0 Å². The Labute approximate surface area is 152 Å². The van der Waals surface area contributed by atoms with E-state index in [2.05, 4.69) is 20.0 Å². The maximum Gasteiger partial charge on any atom is 0.350 e. The molecule has 2 heterocycles. The standard InChI is InChI=1S/C17H15N3O3S2/c1-10-15(16(22)23-2)25-17(18-10)20-13(21)9-24-14-8-7-11-5-3-4-6-12(11)19-14/h3-8H,9H2,1-2H3,(H,18,20,21). The maximum atomic E-state index is 12.1. The van der Waals surface area contributed by atoms with Crippen LogP contribution < -0.4 is 5.32 Å². The number of carbonyl (C=O) groups is 2. The molecule has 1 amide bonds. The first kappa shape index (κ1) is 17.4. The van der Waals surface area contributed by atoms with Crippen LogP contribution in [0.2, 0.25) is 0 Å². The molecule has 1 aromatic carbocycles. The molecule has 25 heavy (non-hydrogen) atoms. The van der Waals surface area contributed by atoms with Crippen molar-refractivity contribution in [2.24, 2.45) is 0 Å². The third kappa shape index (κ3) is 4.15. The molecule has 0 radical (unpaired) electrons. The summed E-state index contributed by atoms with van der Waals surface area (Å²) in [5.41, 5.74) is 1.43. The Morgan fingerprint density at radius 1 is 1.20 bits per heavy atom. The predicted octanol–water partition coefficient (Wildman–Crippen LogP) is 3.52. The zero-order valence-electron chi connectivity index (χ0n) is 13.6. The highest BCUT2D eigenvalue weighted by Gasteiger charge is 2.17. The molecule has 3 aromatic rings. The largest absolute Gasteiger partial charge is 0.465 e. The summed E-state index contributed by atoms with van der Waals surface area (Å²) in [6.07, 6.45) is 0. The van der Waals surface area contributed by atoms with Crippen LogP contribution in [0.4, 0.5) is 5.13 Å². The predicted molar refractivity (Wildman–Crippen MR) is 99.3 cm³/mol. The van der Waals surface area contributed by atoms with Gasteiger partial charge in [-0.15, -0.1) is 0 Å². The van der Waals surface area contributed by atoms with Gasteiger partial charge in [-0.2, -0.15) is 0 Å². The number of amides is 1. The number of para-hydroxylation sites is 1. The Bertz CT molecular complexity index is 940. The molecule has 0 saturated carbocycles. The van der Waals surface area contributed by atoms with Crippen LogP contribution in [0.1, 0.15) is 15.4 Å². The zero-order chi connectivity index (χ0) is 17.8. The first-order chi connectivity index (χ1) is 12.1. The highest BCUT2D eigenvalue weighted by Crippen LogP contribution is 2.24. The molecule has 0 aliphatic rings. The number of hydrogen-bond donors (Lipinski definition) is 1. The highest BCUT2D eigenvalue weighted by molar-refractivity contribution is 7.99. The van der Waals surface area contributed by atoms with Gasteiger partial charge in [-0.25, -0.2) is 14.8 Å². The molecule has 8 heteroatoms. The molecule has 128 valence electrons. The number of anilines is 1. The first-order valence-corrected chi connectivity index (χ1v) is 9.21. The average Bonchev–Trinajstić information content (AvgIpc) is 2.99. The first-order valence-electron chi connectivity index (χ1n) is 7.41. The summed E-state index contributed by atoms with van der Waals surface area (Å²) in [5, 5.41) is 4.92. The van der Waals surface area contributed by atoms with E-state index < -0.39 is 5.97 Å². The number of thiazole rings is 1. The molecule has 0 bridgehead atoms. The van der Waals surface area contributed by atoms with E-state index in [-0.39, 0.29) is 11.7 Å². The Kier molecular flexibility index (Phi) is 5.30. The Hall–Kier alpha value is -2.45. The highest BCUT2D eigenvalue weighted by atomic mass is 32.2. The van der Waals surface area contributed by atoms with Crippen molar-refractivity contribution in [3.8, 4) is 0 Å². The molecule has 0 aliphatic carbocycles. The summed E-state index contributed by atoms with van der Waals surface area (Å²) in [5.74, 6) is -0.451. The number of aromatic nitrogens is 2. The topological polar surface area (TPSA) is 81.2 Å². The van der Waals surface area contributed by atoms with Crippen molar-refractivity contribution in [1.82, 2.24) is 9.97 Å². The average molecular weight is 373 g/mol. The maximum absolute atomic E-state index is 12.1. The molecule has 0 unspecified atom stereocenters. The van der Waals surface area contributed by atoms with Crippen molar-refractivity contribution in [2.45, 2.75) is 11.9 Å². The smallest absolute Gasteiger partial charge is 0.350 e. The molecule has 0 aliphatic heterocycles. The van der Waals surface area contributed by atoms with Crippen LogP contribution >= 0.6 is 23.1 Å². The Morgan fingerprint density at radius 3 is 2.80 bits per heavy atom. The third-order valence-corrected chi connectivity index (χ3v) is 5.32. The second kappa shape index (κ2) is 7.62. The van der Waals surface area contributed by atoms with Crippen LogP contribution in [0.15, 0.2) is 41.4 Å². The molecule has 0 spiro atoms. The number of carbonyl (C=O) groups excluding carboxylic acids is 2. The summed E-state index contributed by atoms with van der Waals surface area (Å²) < 4.78 is 4.68. The van der Waals surface area contributed by atoms with Gasteiger partial charge >= 0.3 is 5.97 Å². The van der Waals surface area contributed by atoms with Gasteiger partial charge in [0.1, 0.15) is 4.88 Å². The lowest BCUT2D eigenvalue weighted by molar-refractivity contribution is -0.113. The molecule has 0 atom stereocenters. The van der Waals surface area contributed by atoms with Crippen molar-refractivity contribution < 1.29 is 14.3 Å². The van der Waals surface area contributed by atoms with Gasteiger partial charge in [-0.3, -0.25) is 4.79 Å². The van der Waals surface area contributed by atoms with Crippen LogP contribution in [0.5, 0.6) is 0 Å². The quantitative estimate of drug-likeness (QED) is 0.544. The Balaban J connectivity index is 1.61. The van der Waals surface area contributed by atoms with Gasteiger partial charge in [0.25, 0.3) is 0 Å². The monoisotopic (exact) mass is 373 g/mol. The summed E-state index contributed by atoms with van der Waals surface area (Å²) in [6.45, 7) is 1.70. The number of fused-ring (bicyclic) bond motifs is 1. The fourth-order valence-corrected chi connectivity index (χ4v) is 3.73. The number of methoxy groups -OCH3 is 1.